The number of aliphatic hydroxyl groups excluding tert-OH is 1. The summed E-state index contributed by atoms with van der Waals surface area (Å²) in [5.74, 6) is -2.77. The lowest BCUT2D eigenvalue weighted by Gasteiger charge is -2.23. The first-order chi connectivity index (χ1) is 11.6. The van der Waals surface area contributed by atoms with Crippen LogP contribution < -0.4 is 21.7 Å². The van der Waals surface area contributed by atoms with E-state index < -0.39 is 54.5 Å². The Morgan fingerprint density at radius 2 is 1.72 bits per heavy atom. The lowest BCUT2D eigenvalue weighted by Crippen LogP contribution is -2.57. The number of carboxylic acids is 1. The van der Waals surface area contributed by atoms with Gasteiger partial charge in [-0.2, -0.15) is 11.8 Å². The van der Waals surface area contributed by atoms with Crippen LogP contribution in [0.3, 0.4) is 0 Å². The zero-order valence-electron chi connectivity index (χ0n) is 14.4. The quantitative estimate of drug-likeness (QED) is 0.232. The average Bonchev–Trinajstić information content (AvgIpc) is 2.53. The summed E-state index contributed by atoms with van der Waals surface area (Å²) in [5, 5.41) is 25.6. The maximum Gasteiger partial charge on any atom is 0.326 e. The summed E-state index contributed by atoms with van der Waals surface area (Å²) < 4.78 is 0. The van der Waals surface area contributed by atoms with Gasteiger partial charge in [-0.15, -0.1) is 0 Å². The predicted molar refractivity (Wildman–Crippen MR) is 92.8 cm³/mol. The number of carbonyl (C=O) groups excluding carboxylic acids is 3. The molecule has 0 radical (unpaired) electrons. The van der Waals surface area contributed by atoms with Crippen LogP contribution in [0.5, 0.6) is 0 Å². The predicted octanol–water partition coefficient (Wildman–Crippen LogP) is -2.36. The summed E-state index contributed by atoms with van der Waals surface area (Å²) in [6.45, 7) is 2.30. The van der Waals surface area contributed by atoms with Gasteiger partial charge in [0.05, 0.1) is 18.7 Å². The molecule has 7 N–H and O–H groups in total. The number of nitrogens with one attached hydrogen (secondary N) is 3. The molecule has 0 saturated heterocycles. The molecule has 0 aromatic carbocycles. The number of aliphatic hydroxyl groups is 1. The molecule has 144 valence electrons. The van der Waals surface area contributed by atoms with E-state index in [1.54, 1.807) is 6.26 Å². The highest BCUT2D eigenvalue weighted by Crippen LogP contribution is 2.03. The van der Waals surface area contributed by atoms with Crippen molar-refractivity contribution in [3.05, 3.63) is 0 Å². The topological polar surface area (TPSA) is 171 Å². The number of carbonyl (C=O) groups is 4. The summed E-state index contributed by atoms with van der Waals surface area (Å²) in [6.07, 6.45) is 0.742. The number of hydrogen-bond acceptors (Lipinski definition) is 7. The number of carboxylic acid groups (broad SMARTS) is 1. The fourth-order valence-corrected chi connectivity index (χ4v) is 2.18. The molecule has 4 atom stereocenters. The number of rotatable bonds is 11. The standard InChI is InChI=1S/C14H26N4O6S/c1-7(15)12(21)16-6-10(20)18-11(8(2)19)13(22)17-9(14(23)24)4-5-25-3/h7-9,11,19H,4-6,15H2,1-3H3,(H,16,21)(H,17,22)(H,18,20)(H,23,24). The van der Waals surface area contributed by atoms with Gasteiger partial charge < -0.3 is 31.9 Å². The monoisotopic (exact) mass is 378 g/mol. The van der Waals surface area contributed by atoms with Crippen molar-refractivity contribution in [1.82, 2.24) is 16.0 Å². The molecule has 0 heterocycles. The van der Waals surface area contributed by atoms with Crippen LogP contribution in [0.25, 0.3) is 0 Å². The van der Waals surface area contributed by atoms with E-state index in [4.69, 9.17) is 10.8 Å². The van der Waals surface area contributed by atoms with Gasteiger partial charge in [0.1, 0.15) is 12.1 Å². The molecule has 3 amide bonds. The van der Waals surface area contributed by atoms with Crippen LogP contribution in [0.2, 0.25) is 0 Å². The van der Waals surface area contributed by atoms with Gasteiger partial charge in [0, 0.05) is 0 Å². The van der Waals surface area contributed by atoms with Crippen molar-refractivity contribution in [2.75, 3.05) is 18.6 Å². The first-order valence-corrected chi connectivity index (χ1v) is 9.02. The summed E-state index contributed by atoms with van der Waals surface area (Å²) in [4.78, 5) is 46.5. The lowest BCUT2D eigenvalue weighted by molar-refractivity contribution is -0.143. The molecule has 0 aromatic heterocycles. The van der Waals surface area contributed by atoms with Gasteiger partial charge in [-0.1, -0.05) is 0 Å². The molecule has 0 aliphatic heterocycles. The van der Waals surface area contributed by atoms with Crippen LogP contribution in [0, 0.1) is 0 Å². The highest BCUT2D eigenvalue weighted by Gasteiger charge is 2.29. The number of amides is 3. The summed E-state index contributed by atoms with van der Waals surface area (Å²) >= 11 is 1.43. The third kappa shape index (κ3) is 9.27. The van der Waals surface area contributed by atoms with Crippen LogP contribution in [0.1, 0.15) is 20.3 Å². The van der Waals surface area contributed by atoms with Gasteiger partial charge in [-0.05, 0) is 32.3 Å². The van der Waals surface area contributed by atoms with Gasteiger partial charge in [0.15, 0.2) is 0 Å². The van der Waals surface area contributed by atoms with Crippen molar-refractivity contribution < 1.29 is 29.4 Å². The summed E-state index contributed by atoms with van der Waals surface area (Å²) in [6, 6.07) is -3.27. The van der Waals surface area contributed by atoms with Crippen LogP contribution in [0.15, 0.2) is 0 Å². The largest absolute Gasteiger partial charge is 0.480 e. The molecular formula is C14H26N4O6S. The van der Waals surface area contributed by atoms with Crippen LogP contribution >= 0.6 is 11.8 Å². The minimum atomic E-state index is -1.35. The Morgan fingerprint density at radius 3 is 2.16 bits per heavy atom. The maximum absolute atomic E-state index is 12.2. The van der Waals surface area contributed by atoms with E-state index in [1.807, 2.05) is 0 Å². The third-order valence-electron chi connectivity index (χ3n) is 3.14. The Kier molecular flexibility index (Phi) is 10.8. The van der Waals surface area contributed by atoms with Crippen LogP contribution in [0.4, 0.5) is 0 Å². The van der Waals surface area contributed by atoms with E-state index in [0.29, 0.717) is 5.75 Å². The van der Waals surface area contributed by atoms with Crippen molar-refractivity contribution in [3.8, 4) is 0 Å². The molecule has 11 heteroatoms. The van der Waals surface area contributed by atoms with Crippen LogP contribution in [-0.4, -0.2) is 76.7 Å². The molecule has 0 aliphatic carbocycles. The maximum atomic E-state index is 12.2. The van der Waals surface area contributed by atoms with E-state index in [1.165, 1.54) is 25.6 Å². The molecule has 0 rings (SSSR count). The summed E-state index contributed by atoms with van der Waals surface area (Å²) in [5.41, 5.74) is 5.34. The Bertz CT molecular complexity index is 486. The molecule has 0 saturated carbocycles. The van der Waals surface area contributed by atoms with Crippen molar-refractivity contribution in [2.24, 2.45) is 5.73 Å². The SMILES string of the molecule is CSCCC(NC(=O)C(NC(=O)CNC(=O)C(C)N)C(C)O)C(=O)O. The van der Waals surface area contributed by atoms with Crippen LogP contribution in [-0.2, 0) is 19.2 Å². The van der Waals surface area contributed by atoms with Crippen molar-refractivity contribution in [1.29, 1.82) is 0 Å². The van der Waals surface area contributed by atoms with Crippen molar-refractivity contribution >= 4 is 35.5 Å². The zero-order chi connectivity index (χ0) is 19.6. The number of thioether (sulfide) groups is 1. The highest BCUT2D eigenvalue weighted by molar-refractivity contribution is 7.98. The Labute approximate surface area is 150 Å². The smallest absolute Gasteiger partial charge is 0.326 e. The first kappa shape index (κ1) is 23.1. The number of hydrogen-bond donors (Lipinski definition) is 6. The van der Waals surface area contributed by atoms with E-state index in [0.717, 1.165) is 0 Å². The first-order valence-electron chi connectivity index (χ1n) is 7.63. The number of aliphatic carboxylic acids is 1. The molecule has 0 spiro atoms. The Morgan fingerprint density at radius 1 is 1.12 bits per heavy atom. The average molecular weight is 378 g/mol. The lowest BCUT2D eigenvalue weighted by atomic mass is 10.1. The molecule has 0 aromatic rings. The van der Waals surface area contributed by atoms with Gasteiger partial charge >= 0.3 is 5.97 Å². The minimum absolute atomic E-state index is 0.202. The molecule has 0 fully saturated rings. The zero-order valence-corrected chi connectivity index (χ0v) is 15.3. The van der Waals surface area contributed by atoms with Gasteiger partial charge in [0.25, 0.3) is 0 Å². The molecular weight excluding hydrogens is 352 g/mol. The van der Waals surface area contributed by atoms with Gasteiger partial charge in [-0.25, -0.2) is 4.79 Å². The number of nitrogens with two attached hydrogens (primary N) is 1. The Hall–Kier alpha value is -1.85. The van der Waals surface area contributed by atoms with E-state index in [2.05, 4.69) is 16.0 Å². The van der Waals surface area contributed by atoms with E-state index >= 15 is 0 Å². The van der Waals surface area contributed by atoms with Crippen molar-refractivity contribution in [3.63, 3.8) is 0 Å². The second-order valence-corrected chi connectivity index (χ2v) is 6.46. The Balaban J connectivity index is 4.75. The van der Waals surface area contributed by atoms with Crippen molar-refractivity contribution in [2.45, 2.75) is 44.5 Å². The van der Waals surface area contributed by atoms with E-state index in [-0.39, 0.29) is 6.42 Å². The second-order valence-electron chi connectivity index (χ2n) is 5.47. The highest BCUT2D eigenvalue weighted by atomic mass is 32.2. The molecule has 25 heavy (non-hydrogen) atoms. The fourth-order valence-electron chi connectivity index (χ4n) is 1.71. The molecule has 10 nitrogen and oxygen atoms in total. The van der Waals surface area contributed by atoms with E-state index in [9.17, 15) is 24.3 Å². The summed E-state index contributed by atoms with van der Waals surface area (Å²) in [7, 11) is 0. The van der Waals surface area contributed by atoms with Gasteiger partial charge in [0.2, 0.25) is 17.7 Å². The van der Waals surface area contributed by atoms with Gasteiger partial charge in [-0.3, -0.25) is 14.4 Å². The second kappa shape index (κ2) is 11.7. The minimum Gasteiger partial charge on any atom is -0.480 e. The molecule has 0 bridgehead atoms. The third-order valence-corrected chi connectivity index (χ3v) is 3.79. The normalized spacial score (nSPS) is 15.4. The molecule has 4 unspecified atom stereocenters. The molecule has 0 aliphatic rings. The fraction of sp³-hybridized carbons (Fsp3) is 0.714.